The van der Waals surface area contributed by atoms with Crippen molar-refractivity contribution >= 4 is 21.8 Å². The number of nitrogens with zero attached hydrogens (tertiary/aromatic N) is 1. The average molecular weight is 498 g/mol. The van der Waals surface area contributed by atoms with Crippen molar-refractivity contribution in [1.29, 1.82) is 0 Å². The molecule has 0 aliphatic carbocycles. The second-order valence-electron chi connectivity index (χ2n) is 8.13. The summed E-state index contributed by atoms with van der Waals surface area (Å²) in [6.07, 6.45) is 2.15. The number of amides is 2. The lowest BCUT2D eigenvalue weighted by Gasteiger charge is -2.29. The summed E-state index contributed by atoms with van der Waals surface area (Å²) >= 11 is 0. The van der Waals surface area contributed by atoms with Crippen LogP contribution in [-0.2, 0) is 39.1 Å². The van der Waals surface area contributed by atoms with E-state index in [0.717, 1.165) is 11.1 Å². The SMILES string of the molecule is CCNS(=O)(=O)c1ccc(CCC(=O)N(Cc2ccccc2)[C@@H](C)C(=O)NCc2ccco2)cc1. The lowest BCUT2D eigenvalue weighted by molar-refractivity contribution is -0.140. The highest BCUT2D eigenvalue weighted by atomic mass is 32.2. The smallest absolute Gasteiger partial charge is 0.242 e. The molecule has 1 atom stereocenters. The molecule has 1 aromatic heterocycles. The minimum Gasteiger partial charge on any atom is -0.467 e. The molecule has 0 unspecified atom stereocenters. The fourth-order valence-corrected chi connectivity index (χ4v) is 4.64. The minimum atomic E-state index is -3.53. The van der Waals surface area contributed by atoms with Crippen molar-refractivity contribution in [3.8, 4) is 0 Å². The number of hydrogen-bond acceptors (Lipinski definition) is 5. The number of rotatable bonds is 12. The van der Waals surface area contributed by atoms with E-state index in [0.29, 0.717) is 25.3 Å². The van der Waals surface area contributed by atoms with Gasteiger partial charge in [0.25, 0.3) is 0 Å². The molecule has 0 radical (unpaired) electrons. The summed E-state index contributed by atoms with van der Waals surface area (Å²) in [6, 6.07) is 18.8. The second kappa shape index (κ2) is 12.3. The van der Waals surface area contributed by atoms with E-state index in [-0.39, 0.29) is 29.7 Å². The number of nitrogens with one attached hydrogen (secondary N) is 2. The molecule has 186 valence electrons. The van der Waals surface area contributed by atoms with Gasteiger partial charge in [0.1, 0.15) is 11.8 Å². The molecule has 0 spiro atoms. The monoisotopic (exact) mass is 497 g/mol. The Morgan fingerprint density at radius 2 is 1.69 bits per heavy atom. The topological polar surface area (TPSA) is 109 Å². The largest absolute Gasteiger partial charge is 0.467 e. The molecule has 2 amide bonds. The summed E-state index contributed by atoms with van der Waals surface area (Å²) in [4.78, 5) is 27.8. The first kappa shape index (κ1) is 26.2. The van der Waals surface area contributed by atoms with E-state index in [2.05, 4.69) is 10.0 Å². The summed E-state index contributed by atoms with van der Waals surface area (Å²) in [5.41, 5.74) is 1.76. The van der Waals surface area contributed by atoms with Crippen LogP contribution in [-0.4, -0.2) is 37.7 Å². The molecule has 8 nitrogen and oxygen atoms in total. The summed E-state index contributed by atoms with van der Waals surface area (Å²) < 4.78 is 32.0. The van der Waals surface area contributed by atoms with Crippen LogP contribution in [0.15, 0.2) is 82.3 Å². The Labute approximate surface area is 206 Å². The molecule has 0 fully saturated rings. The number of aryl methyl sites for hydroxylation is 1. The lowest BCUT2D eigenvalue weighted by atomic mass is 10.1. The number of benzene rings is 2. The van der Waals surface area contributed by atoms with Gasteiger partial charge in [0, 0.05) is 19.5 Å². The van der Waals surface area contributed by atoms with Gasteiger partial charge in [-0.1, -0.05) is 49.4 Å². The highest BCUT2D eigenvalue weighted by Crippen LogP contribution is 2.15. The van der Waals surface area contributed by atoms with E-state index in [1.807, 2.05) is 30.3 Å². The first-order valence-electron chi connectivity index (χ1n) is 11.5. The number of carbonyl (C=O) groups is 2. The van der Waals surface area contributed by atoms with Crippen LogP contribution >= 0.6 is 0 Å². The van der Waals surface area contributed by atoms with Crippen LogP contribution in [0.3, 0.4) is 0 Å². The molecular formula is C26H31N3O5S. The molecule has 0 saturated carbocycles. The second-order valence-corrected chi connectivity index (χ2v) is 9.89. The number of hydrogen-bond donors (Lipinski definition) is 2. The third kappa shape index (κ3) is 7.53. The standard InChI is InChI=1S/C26H31N3O5S/c1-3-28-35(32,33)24-14-11-21(12-15-24)13-16-25(30)29(19-22-8-5-4-6-9-22)20(2)26(31)27-18-23-10-7-17-34-23/h4-12,14-15,17,20,28H,3,13,16,18-19H2,1-2H3,(H,27,31)/t20-/m0/s1. The Bertz CT molecular complexity index is 1190. The average Bonchev–Trinajstić information content (AvgIpc) is 3.38. The van der Waals surface area contributed by atoms with Crippen LogP contribution in [0, 0.1) is 0 Å². The van der Waals surface area contributed by atoms with Gasteiger partial charge in [0.15, 0.2) is 0 Å². The van der Waals surface area contributed by atoms with Crippen LogP contribution in [0.4, 0.5) is 0 Å². The fourth-order valence-electron chi connectivity index (χ4n) is 3.60. The van der Waals surface area contributed by atoms with E-state index < -0.39 is 16.1 Å². The maximum Gasteiger partial charge on any atom is 0.242 e. The third-order valence-electron chi connectivity index (χ3n) is 5.58. The van der Waals surface area contributed by atoms with Crippen LogP contribution in [0.1, 0.15) is 37.2 Å². The summed E-state index contributed by atoms with van der Waals surface area (Å²) in [7, 11) is -3.53. The van der Waals surface area contributed by atoms with Crippen LogP contribution in [0.5, 0.6) is 0 Å². The van der Waals surface area contributed by atoms with Gasteiger partial charge in [-0.15, -0.1) is 0 Å². The maximum absolute atomic E-state index is 13.2. The third-order valence-corrected chi connectivity index (χ3v) is 7.14. The Morgan fingerprint density at radius 3 is 2.31 bits per heavy atom. The Hall–Kier alpha value is -3.43. The van der Waals surface area contributed by atoms with Gasteiger partial charge in [-0.25, -0.2) is 13.1 Å². The zero-order valence-corrected chi connectivity index (χ0v) is 20.8. The molecule has 0 bridgehead atoms. The van der Waals surface area contributed by atoms with Crippen LogP contribution < -0.4 is 10.0 Å². The first-order chi connectivity index (χ1) is 16.8. The Balaban J connectivity index is 1.67. The number of furan rings is 1. The predicted octanol–water partition coefficient (Wildman–Crippen LogP) is 3.24. The van der Waals surface area contributed by atoms with Crippen molar-refractivity contribution in [2.75, 3.05) is 6.54 Å². The molecular weight excluding hydrogens is 466 g/mol. The quantitative estimate of drug-likeness (QED) is 0.399. The molecule has 2 aromatic carbocycles. The van der Waals surface area contributed by atoms with E-state index in [4.69, 9.17) is 4.42 Å². The van der Waals surface area contributed by atoms with Gasteiger partial charge in [-0.3, -0.25) is 9.59 Å². The lowest BCUT2D eigenvalue weighted by Crippen LogP contribution is -2.47. The van der Waals surface area contributed by atoms with Crippen LogP contribution in [0.25, 0.3) is 0 Å². The van der Waals surface area contributed by atoms with E-state index >= 15 is 0 Å². The van der Waals surface area contributed by atoms with Gasteiger partial charge in [-0.05, 0) is 48.7 Å². The Morgan fingerprint density at radius 1 is 0.971 bits per heavy atom. The van der Waals surface area contributed by atoms with Gasteiger partial charge < -0.3 is 14.6 Å². The maximum atomic E-state index is 13.2. The molecule has 0 saturated heterocycles. The summed E-state index contributed by atoms with van der Waals surface area (Å²) in [5, 5.41) is 2.82. The Kier molecular flexibility index (Phi) is 9.22. The van der Waals surface area contributed by atoms with Crippen molar-refractivity contribution in [1.82, 2.24) is 14.9 Å². The predicted molar refractivity (Wildman–Crippen MR) is 133 cm³/mol. The normalized spacial score (nSPS) is 12.2. The zero-order valence-electron chi connectivity index (χ0n) is 19.9. The van der Waals surface area contributed by atoms with Crippen molar-refractivity contribution in [3.63, 3.8) is 0 Å². The molecule has 35 heavy (non-hydrogen) atoms. The highest BCUT2D eigenvalue weighted by Gasteiger charge is 2.26. The van der Waals surface area contributed by atoms with Crippen molar-refractivity contribution < 1.29 is 22.4 Å². The number of sulfonamides is 1. The van der Waals surface area contributed by atoms with Gasteiger partial charge in [0.05, 0.1) is 17.7 Å². The molecule has 3 rings (SSSR count). The first-order valence-corrected chi connectivity index (χ1v) is 13.0. The van der Waals surface area contributed by atoms with E-state index in [1.165, 1.54) is 12.1 Å². The number of carbonyl (C=O) groups excluding carboxylic acids is 2. The van der Waals surface area contributed by atoms with E-state index in [1.54, 1.807) is 49.3 Å². The highest BCUT2D eigenvalue weighted by molar-refractivity contribution is 7.89. The minimum absolute atomic E-state index is 0.168. The molecule has 0 aliphatic rings. The molecule has 0 aliphatic heterocycles. The van der Waals surface area contributed by atoms with Gasteiger partial charge in [-0.2, -0.15) is 0 Å². The van der Waals surface area contributed by atoms with Crippen molar-refractivity contribution in [3.05, 3.63) is 89.9 Å². The molecule has 1 heterocycles. The van der Waals surface area contributed by atoms with Crippen molar-refractivity contribution in [2.24, 2.45) is 0 Å². The summed E-state index contributed by atoms with van der Waals surface area (Å²) in [6.45, 7) is 4.28. The molecule has 9 heteroatoms. The van der Waals surface area contributed by atoms with Crippen molar-refractivity contribution in [2.45, 2.75) is 50.7 Å². The molecule has 2 N–H and O–H groups in total. The molecule has 3 aromatic rings. The summed E-state index contributed by atoms with van der Waals surface area (Å²) in [5.74, 6) is 0.189. The van der Waals surface area contributed by atoms with Crippen LogP contribution in [0.2, 0.25) is 0 Å². The zero-order chi connectivity index (χ0) is 25.3. The van der Waals surface area contributed by atoms with E-state index in [9.17, 15) is 18.0 Å². The van der Waals surface area contributed by atoms with Gasteiger partial charge in [0.2, 0.25) is 21.8 Å². The van der Waals surface area contributed by atoms with Gasteiger partial charge >= 0.3 is 0 Å². The fraction of sp³-hybridized carbons (Fsp3) is 0.308.